The fraction of sp³-hybridized carbons (Fsp3) is 0.304. The molecule has 0 aromatic heterocycles. The minimum Gasteiger partial charge on any atom is -0.494 e. The summed E-state index contributed by atoms with van der Waals surface area (Å²) in [5.74, 6) is -0.661. The van der Waals surface area contributed by atoms with Crippen LogP contribution in [0.4, 0.5) is 0 Å². The van der Waals surface area contributed by atoms with E-state index < -0.39 is 36.5 Å². The van der Waals surface area contributed by atoms with Gasteiger partial charge in [0.15, 0.2) is 0 Å². The maximum atomic E-state index is 13.1. The van der Waals surface area contributed by atoms with Crippen LogP contribution in [0.3, 0.4) is 0 Å². The summed E-state index contributed by atoms with van der Waals surface area (Å²) >= 11 is 0. The topological polar surface area (TPSA) is 142 Å². The van der Waals surface area contributed by atoms with Gasteiger partial charge in [-0.15, -0.1) is 0 Å². The number of benzene rings is 4. The molecule has 0 N–H and O–H groups in total. The summed E-state index contributed by atoms with van der Waals surface area (Å²) in [5, 5.41) is 0. The summed E-state index contributed by atoms with van der Waals surface area (Å²) in [5.41, 5.74) is 4.24. The van der Waals surface area contributed by atoms with Gasteiger partial charge in [0.2, 0.25) is 0 Å². The van der Waals surface area contributed by atoms with Crippen molar-refractivity contribution in [2.45, 2.75) is 51.1 Å². The van der Waals surface area contributed by atoms with Crippen LogP contribution in [-0.4, -0.2) is 76.1 Å². The van der Waals surface area contributed by atoms with Crippen molar-refractivity contribution in [3.05, 3.63) is 133 Å². The van der Waals surface area contributed by atoms with Crippen molar-refractivity contribution in [1.29, 1.82) is 0 Å². The van der Waals surface area contributed by atoms with Crippen molar-refractivity contribution in [2.24, 2.45) is 0 Å². The molecule has 1 heterocycles. The van der Waals surface area contributed by atoms with Gasteiger partial charge in [-0.05, 0) is 109 Å². The fourth-order valence-corrected chi connectivity index (χ4v) is 5.70. The fourth-order valence-electron chi connectivity index (χ4n) is 5.70. The summed E-state index contributed by atoms with van der Waals surface area (Å²) in [6.45, 7) is 8.89. The zero-order valence-electron chi connectivity index (χ0n) is 32.3. The highest BCUT2D eigenvalue weighted by Gasteiger charge is 2.34. The highest BCUT2D eigenvalue weighted by atomic mass is 16.8. The molecule has 2 atom stereocenters. The molecule has 1 aliphatic heterocycles. The number of rotatable bonds is 22. The first-order valence-electron chi connectivity index (χ1n) is 19.2. The van der Waals surface area contributed by atoms with Gasteiger partial charge in [-0.25, -0.2) is 19.2 Å². The summed E-state index contributed by atoms with van der Waals surface area (Å²) in [6.07, 6.45) is 4.72. The maximum Gasteiger partial charge on any atom is 0.340 e. The molecule has 1 fully saturated rings. The van der Waals surface area contributed by atoms with Crippen molar-refractivity contribution < 1.29 is 57.1 Å². The monoisotopic (exact) mass is 792 g/mol. The molecule has 1 aliphatic rings. The van der Waals surface area contributed by atoms with E-state index in [4.69, 9.17) is 37.9 Å². The smallest absolute Gasteiger partial charge is 0.340 e. The molecule has 0 radical (unpaired) electrons. The average Bonchev–Trinajstić information content (AvgIpc) is 3.26. The third-order valence-corrected chi connectivity index (χ3v) is 8.87. The summed E-state index contributed by atoms with van der Waals surface area (Å²) < 4.78 is 44.0. The lowest BCUT2D eigenvalue weighted by molar-refractivity contribution is -0.288. The SMILES string of the molecule is C=CC(=O)OCCCCCOc1ccc(-c2ccc(C(=O)OC3OCCOC3OC(=O)c3ccc(-c4ccc(OCCCCCOC(=O)C=C)cc4)cc3)cc2)cc1. The summed E-state index contributed by atoms with van der Waals surface area (Å²) in [6, 6.07) is 29.1. The van der Waals surface area contributed by atoms with Crippen molar-refractivity contribution in [2.75, 3.05) is 39.6 Å². The Morgan fingerprint density at radius 3 is 1.16 bits per heavy atom. The highest BCUT2D eigenvalue weighted by molar-refractivity contribution is 5.91. The van der Waals surface area contributed by atoms with Gasteiger partial charge in [0, 0.05) is 12.2 Å². The predicted molar refractivity (Wildman–Crippen MR) is 215 cm³/mol. The molecular weight excluding hydrogens is 744 g/mol. The average molecular weight is 793 g/mol. The largest absolute Gasteiger partial charge is 0.494 e. The zero-order valence-corrected chi connectivity index (χ0v) is 32.3. The lowest BCUT2D eigenvalue weighted by Crippen LogP contribution is -2.44. The molecule has 2 unspecified atom stereocenters. The molecule has 0 aliphatic carbocycles. The van der Waals surface area contributed by atoms with E-state index in [0.29, 0.717) is 26.4 Å². The molecule has 58 heavy (non-hydrogen) atoms. The van der Waals surface area contributed by atoms with E-state index in [2.05, 4.69) is 13.2 Å². The van der Waals surface area contributed by atoms with E-state index >= 15 is 0 Å². The number of unbranched alkanes of at least 4 members (excludes halogenated alkanes) is 4. The standard InChI is InChI=1S/C46H48O12/c1-3-41(47)53-29-9-5-7-27-51-39-23-19-35(20-24-39)33-11-15-37(16-12-33)43(49)57-45-46(56-32-31-55-45)58-44(50)38-17-13-34(14-18-38)36-21-25-40(26-22-36)52-28-8-6-10-30-54-42(48)4-2/h3-4,11-26,45-46H,1-2,5-10,27-32H2. The minimum absolute atomic E-state index is 0.158. The molecule has 304 valence electrons. The first kappa shape index (κ1) is 42.9. The van der Waals surface area contributed by atoms with Crippen LogP contribution in [0.1, 0.15) is 59.2 Å². The number of carbonyl (C=O) groups is 4. The van der Waals surface area contributed by atoms with Crippen molar-refractivity contribution in [3.63, 3.8) is 0 Å². The van der Waals surface area contributed by atoms with Crippen molar-refractivity contribution in [3.8, 4) is 33.8 Å². The lowest BCUT2D eigenvalue weighted by Gasteiger charge is -2.30. The second-order valence-electron chi connectivity index (χ2n) is 13.1. The van der Waals surface area contributed by atoms with Crippen LogP contribution in [0, 0.1) is 0 Å². The van der Waals surface area contributed by atoms with Crippen LogP contribution in [-0.2, 0) is 38.0 Å². The number of hydrogen-bond acceptors (Lipinski definition) is 12. The molecule has 0 spiro atoms. The molecule has 4 aromatic carbocycles. The van der Waals surface area contributed by atoms with Gasteiger partial charge in [-0.2, -0.15) is 0 Å². The van der Waals surface area contributed by atoms with Crippen LogP contribution in [0.15, 0.2) is 122 Å². The maximum absolute atomic E-state index is 13.1. The van der Waals surface area contributed by atoms with Crippen LogP contribution < -0.4 is 9.47 Å². The number of ether oxygens (including phenoxy) is 8. The molecule has 12 heteroatoms. The summed E-state index contributed by atoms with van der Waals surface area (Å²) in [4.78, 5) is 48.3. The van der Waals surface area contributed by atoms with Crippen LogP contribution >= 0.6 is 0 Å². The van der Waals surface area contributed by atoms with E-state index in [0.717, 1.165) is 84.4 Å². The summed E-state index contributed by atoms with van der Waals surface area (Å²) in [7, 11) is 0. The van der Waals surface area contributed by atoms with E-state index in [1.807, 2.05) is 72.8 Å². The molecule has 4 aromatic rings. The molecule has 5 rings (SSSR count). The Morgan fingerprint density at radius 2 is 0.810 bits per heavy atom. The van der Waals surface area contributed by atoms with Gasteiger partial charge in [0.25, 0.3) is 12.6 Å². The van der Waals surface area contributed by atoms with Gasteiger partial charge in [0.1, 0.15) is 11.5 Å². The third-order valence-electron chi connectivity index (χ3n) is 8.87. The molecule has 1 saturated heterocycles. The quantitative estimate of drug-likeness (QED) is 0.0327. The molecule has 0 amide bonds. The predicted octanol–water partition coefficient (Wildman–Crippen LogP) is 8.29. The zero-order chi connectivity index (χ0) is 41.0. The molecule has 0 saturated carbocycles. The van der Waals surface area contributed by atoms with Gasteiger partial charge in [-0.1, -0.05) is 61.7 Å². The van der Waals surface area contributed by atoms with E-state index in [1.54, 1.807) is 24.3 Å². The Kier molecular flexibility index (Phi) is 17.1. The van der Waals surface area contributed by atoms with Crippen LogP contribution in [0.5, 0.6) is 11.5 Å². The Labute approximate surface area is 338 Å². The Bertz CT molecular complexity index is 1790. The van der Waals surface area contributed by atoms with Crippen molar-refractivity contribution >= 4 is 23.9 Å². The van der Waals surface area contributed by atoms with Gasteiger partial charge in [-0.3, -0.25) is 0 Å². The van der Waals surface area contributed by atoms with Crippen LogP contribution in [0.2, 0.25) is 0 Å². The second kappa shape index (κ2) is 23.1. The second-order valence-corrected chi connectivity index (χ2v) is 13.1. The van der Waals surface area contributed by atoms with E-state index in [9.17, 15) is 19.2 Å². The lowest BCUT2D eigenvalue weighted by atomic mass is 10.0. The first-order valence-corrected chi connectivity index (χ1v) is 19.2. The third kappa shape index (κ3) is 13.7. The van der Waals surface area contributed by atoms with E-state index in [1.165, 1.54) is 0 Å². The highest BCUT2D eigenvalue weighted by Crippen LogP contribution is 2.26. The number of hydrogen-bond donors (Lipinski definition) is 0. The Morgan fingerprint density at radius 1 is 0.483 bits per heavy atom. The van der Waals surface area contributed by atoms with Crippen LogP contribution in [0.25, 0.3) is 22.3 Å². The number of carbonyl (C=O) groups excluding carboxylic acids is 4. The first-order chi connectivity index (χ1) is 28.3. The molecule has 12 nitrogen and oxygen atoms in total. The number of esters is 4. The van der Waals surface area contributed by atoms with Gasteiger partial charge < -0.3 is 37.9 Å². The molecular formula is C46H48O12. The Hall–Kier alpha value is -6.24. The normalized spacial score (nSPS) is 14.7. The van der Waals surface area contributed by atoms with Gasteiger partial charge >= 0.3 is 23.9 Å². The minimum atomic E-state index is -1.26. The van der Waals surface area contributed by atoms with Crippen molar-refractivity contribution in [1.82, 2.24) is 0 Å². The Balaban J connectivity index is 1.04. The van der Waals surface area contributed by atoms with Gasteiger partial charge in [0.05, 0.1) is 50.8 Å². The molecule has 0 bridgehead atoms. The van der Waals surface area contributed by atoms with E-state index in [-0.39, 0.29) is 24.3 Å².